The fourth-order valence-corrected chi connectivity index (χ4v) is 3.48. The Bertz CT molecular complexity index is 828. The standard InChI is InChI=1S/C18H18N4OS/c1-21-17(16(20-18(21)24)14-7-2-3-9-19-14)15-8-4-10-22(15)12-13-6-5-11-23-13/h2-11,16-17H,12H2,1H3,(H,20,24)/t16-,17+/m0/s1. The molecule has 24 heavy (non-hydrogen) atoms. The predicted molar refractivity (Wildman–Crippen MR) is 95.5 cm³/mol. The largest absolute Gasteiger partial charge is 0.467 e. The molecule has 0 unspecified atom stereocenters. The molecular formula is C18H18N4OS. The molecule has 1 fully saturated rings. The van der Waals surface area contributed by atoms with Crippen molar-refractivity contribution in [3.8, 4) is 0 Å². The first-order valence-corrected chi connectivity index (χ1v) is 8.26. The van der Waals surface area contributed by atoms with Gasteiger partial charge in [0.25, 0.3) is 0 Å². The lowest BCUT2D eigenvalue weighted by molar-refractivity contribution is 0.348. The van der Waals surface area contributed by atoms with Crippen LogP contribution < -0.4 is 5.32 Å². The minimum atomic E-state index is 0.0222. The van der Waals surface area contributed by atoms with Gasteiger partial charge in [0.05, 0.1) is 30.6 Å². The Morgan fingerprint density at radius 2 is 2.12 bits per heavy atom. The van der Waals surface area contributed by atoms with Gasteiger partial charge in [-0.2, -0.15) is 0 Å². The number of rotatable bonds is 4. The summed E-state index contributed by atoms with van der Waals surface area (Å²) < 4.78 is 7.70. The minimum Gasteiger partial charge on any atom is -0.467 e. The van der Waals surface area contributed by atoms with E-state index in [-0.39, 0.29) is 12.1 Å². The summed E-state index contributed by atoms with van der Waals surface area (Å²) in [5, 5.41) is 4.14. The van der Waals surface area contributed by atoms with Crippen molar-refractivity contribution in [2.75, 3.05) is 7.05 Å². The van der Waals surface area contributed by atoms with Crippen molar-refractivity contribution in [3.63, 3.8) is 0 Å². The molecule has 0 amide bonds. The molecule has 5 nitrogen and oxygen atoms in total. The molecule has 0 bridgehead atoms. The van der Waals surface area contributed by atoms with E-state index in [1.807, 2.05) is 43.6 Å². The van der Waals surface area contributed by atoms with E-state index >= 15 is 0 Å². The Balaban J connectivity index is 1.71. The summed E-state index contributed by atoms with van der Waals surface area (Å²) in [5.41, 5.74) is 2.16. The lowest BCUT2D eigenvalue weighted by Crippen LogP contribution is -2.26. The lowest BCUT2D eigenvalue weighted by Gasteiger charge is -2.25. The number of thiocarbonyl (C=S) groups is 1. The summed E-state index contributed by atoms with van der Waals surface area (Å²) in [7, 11) is 2.02. The van der Waals surface area contributed by atoms with E-state index in [0.29, 0.717) is 6.54 Å². The van der Waals surface area contributed by atoms with Crippen LogP contribution in [-0.2, 0) is 6.54 Å². The molecule has 2 atom stereocenters. The zero-order valence-electron chi connectivity index (χ0n) is 13.3. The molecular weight excluding hydrogens is 320 g/mol. The second-order valence-electron chi connectivity index (χ2n) is 5.88. The molecule has 0 aliphatic carbocycles. The van der Waals surface area contributed by atoms with Crippen LogP contribution in [0.2, 0.25) is 0 Å². The summed E-state index contributed by atoms with van der Waals surface area (Å²) >= 11 is 5.49. The molecule has 6 heteroatoms. The van der Waals surface area contributed by atoms with E-state index in [0.717, 1.165) is 16.6 Å². The number of hydrogen-bond acceptors (Lipinski definition) is 3. The molecule has 0 saturated carbocycles. The molecule has 122 valence electrons. The summed E-state index contributed by atoms with van der Waals surface area (Å²) in [5.74, 6) is 0.929. The van der Waals surface area contributed by atoms with Gasteiger partial charge in [-0.15, -0.1) is 0 Å². The van der Waals surface area contributed by atoms with Crippen LogP contribution in [0.1, 0.15) is 29.2 Å². The highest BCUT2D eigenvalue weighted by atomic mass is 32.1. The fraction of sp³-hybridized carbons (Fsp3) is 0.222. The highest BCUT2D eigenvalue weighted by molar-refractivity contribution is 7.80. The van der Waals surface area contributed by atoms with Crippen LogP contribution in [0.5, 0.6) is 0 Å². The van der Waals surface area contributed by atoms with E-state index in [9.17, 15) is 0 Å². The molecule has 0 spiro atoms. The van der Waals surface area contributed by atoms with Gasteiger partial charge in [0, 0.05) is 25.1 Å². The minimum absolute atomic E-state index is 0.0222. The van der Waals surface area contributed by atoms with Crippen LogP contribution in [0.4, 0.5) is 0 Å². The second-order valence-corrected chi connectivity index (χ2v) is 6.26. The highest BCUT2D eigenvalue weighted by Gasteiger charge is 2.39. The summed E-state index contributed by atoms with van der Waals surface area (Å²) in [6.45, 7) is 0.696. The Morgan fingerprint density at radius 1 is 1.21 bits per heavy atom. The van der Waals surface area contributed by atoms with Crippen LogP contribution in [-0.4, -0.2) is 26.6 Å². The van der Waals surface area contributed by atoms with Crippen molar-refractivity contribution in [2.45, 2.75) is 18.6 Å². The van der Waals surface area contributed by atoms with Gasteiger partial charge in [-0.3, -0.25) is 4.98 Å². The van der Waals surface area contributed by atoms with Gasteiger partial charge in [-0.1, -0.05) is 6.07 Å². The molecule has 0 aromatic carbocycles. The Labute approximate surface area is 145 Å². The first kappa shape index (κ1) is 15.0. The SMILES string of the molecule is CN1C(=S)N[C@@H](c2ccccn2)[C@H]1c1cccn1Cc1ccco1. The predicted octanol–water partition coefficient (Wildman–Crippen LogP) is 3.13. The van der Waals surface area contributed by atoms with Gasteiger partial charge in [-0.25, -0.2) is 0 Å². The van der Waals surface area contributed by atoms with Gasteiger partial charge >= 0.3 is 0 Å². The third-order valence-electron chi connectivity index (χ3n) is 4.41. The quantitative estimate of drug-likeness (QED) is 0.741. The van der Waals surface area contributed by atoms with Gasteiger partial charge in [-0.05, 0) is 48.6 Å². The van der Waals surface area contributed by atoms with E-state index in [2.05, 4.69) is 38.1 Å². The maximum atomic E-state index is 5.50. The van der Waals surface area contributed by atoms with Crippen LogP contribution >= 0.6 is 12.2 Å². The van der Waals surface area contributed by atoms with Crippen LogP contribution in [0.25, 0.3) is 0 Å². The van der Waals surface area contributed by atoms with Crippen molar-refractivity contribution in [3.05, 3.63) is 78.3 Å². The molecule has 1 aliphatic heterocycles. The number of nitrogens with zero attached hydrogens (tertiary/aromatic N) is 3. The van der Waals surface area contributed by atoms with Crippen LogP contribution in [0, 0.1) is 0 Å². The third kappa shape index (κ3) is 2.59. The molecule has 1 saturated heterocycles. The maximum Gasteiger partial charge on any atom is 0.169 e. The van der Waals surface area contributed by atoms with Crippen LogP contribution in [0.3, 0.4) is 0 Å². The molecule has 0 radical (unpaired) electrons. The number of likely N-dealkylation sites (N-methyl/N-ethyl adjacent to an activating group) is 1. The normalized spacial score (nSPS) is 20.4. The van der Waals surface area contributed by atoms with Crippen molar-refractivity contribution >= 4 is 17.3 Å². The van der Waals surface area contributed by atoms with Crippen molar-refractivity contribution in [2.24, 2.45) is 0 Å². The van der Waals surface area contributed by atoms with E-state index < -0.39 is 0 Å². The highest BCUT2D eigenvalue weighted by Crippen LogP contribution is 2.37. The summed E-state index contributed by atoms with van der Waals surface area (Å²) in [6.07, 6.45) is 5.59. The van der Waals surface area contributed by atoms with Crippen molar-refractivity contribution in [1.82, 2.24) is 19.8 Å². The summed E-state index contributed by atoms with van der Waals surface area (Å²) in [4.78, 5) is 6.62. The topological polar surface area (TPSA) is 46.2 Å². The number of nitrogens with one attached hydrogen (secondary N) is 1. The number of hydrogen-bond donors (Lipinski definition) is 1. The molecule has 1 aliphatic rings. The molecule has 4 rings (SSSR count). The van der Waals surface area contributed by atoms with E-state index in [1.54, 1.807) is 6.26 Å². The zero-order valence-corrected chi connectivity index (χ0v) is 14.1. The van der Waals surface area contributed by atoms with Crippen LogP contribution in [0.15, 0.2) is 65.5 Å². The summed E-state index contributed by atoms with van der Waals surface area (Å²) in [6, 6.07) is 14.2. The number of pyridine rings is 1. The first-order chi connectivity index (χ1) is 11.7. The smallest absolute Gasteiger partial charge is 0.169 e. The van der Waals surface area contributed by atoms with Gasteiger partial charge in [0.15, 0.2) is 5.11 Å². The second kappa shape index (κ2) is 6.13. The van der Waals surface area contributed by atoms with E-state index in [1.165, 1.54) is 5.69 Å². The average Bonchev–Trinajstić information content (AvgIpc) is 3.32. The number of aromatic nitrogens is 2. The zero-order chi connectivity index (χ0) is 16.5. The van der Waals surface area contributed by atoms with Gasteiger partial charge < -0.3 is 19.2 Å². The molecule has 1 N–H and O–H groups in total. The van der Waals surface area contributed by atoms with Gasteiger partial charge in [0.1, 0.15) is 5.76 Å². The maximum absolute atomic E-state index is 5.50. The molecule has 4 heterocycles. The fourth-order valence-electron chi connectivity index (χ4n) is 3.24. The molecule has 3 aromatic rings. The monoisotopic (exact) mass is 338 g/mol. The average molecular weight is 338 g/mol. The number of furan rings is 1. The Morgan fingerprint density at radius 3 is 2.88 bits per heavy atom. The lowest BCUT2D eigenvalue weighted by atomic mass is 10.0. The van der Waals surface area contributed by atoms with E-state index in [4.69, 9.17) is 16.6 Å². The first-order valence-electron chi connectivity index (χ1n) is 7.86. The van der Waals surface area contributed by atoms with Crippen molar-refractivity contribution in [1.29, 1.82) is 0 Å². The Hall–Kier alpha value is -2.60. The molecule has 3 aromatic heterocycles. The van der Waals surface area contributed by atoms with Gasteiger partial charge in [0.2, 0.25) is 0 Å². The van der Waals surface area contributed by atoms with Crippen molar-refractivity contribution < 1.29 is 4.42 Å². The Kier molecular flexibility index (Phi) is 3.82. The third-order valence-corrected chi connectivity index (χ3v) is 4.82.